The molecule has 0 aromatic heterocycles. The van der Waals surface area contributed by atoms with Gasteiger partial charge in [0.2, 0.25) is 0 Å². The molecule has 0 amide bonds. The Balaban J connectivity index is 4.16. The molecule has 0 aliphatic carbocycles. The number of carbonyl (C=O) groups excluding carboxylic acids is 1. The predicted octanol–water partition coefficient (Wildman–Crippen LogP) is 3.20. The molecule has 0 aliphatic heterocycles. The Morgan fingerprint density at radius 1 is 1.08 bits per heavy atom. The zero-order chi connectivity index (χ0) is 19.1. The van der Waals surface area contributed by atoms with Crippen LogP contribution in [-0.2, 0) is 32.4 Å². The fourth-order valence-corrected chi connectivity index (χ4v) is 2.66. The van der Waals surface area contributed by atoms with E-state index >= 15 is 0 Å². The number of hydrogen-bond donors (Lipinski definition) is 1. The summed E-state index contributed by atoms with van der Waals surface area (Å²) in [6.07, 6.45) is 2.15. The fraction of sp³-hybridized carbons (Fsp3) is 0.812. The lowest BCUT2D eigenvalue weighted by molar-refractivity contribution is -0.154. The van der Waals surface area contributed by atoms with E-state index in [2.05, 4.69) is 6.58 Å². The van der Waals surface area contributed by atoms with E-state index < -0.39 is 19.9 Å². The Kier molecular flexibility index (Phi) is 14.0. The Labute approximate surface area is 150 Å². The lowest BCUT2D eigenvalue weighted by atomic mass is 10.4. The highest BCUT2D eigenvalue weighted by Gasteiger charge is 2.27. The predicted molar refractivity (Wildman–Crippen MR) is 93.0 cm³/mol. The van der Waals surface area contributed by atoms with E-state index in [1.165, 1.54) is 6.92 Å². The van der Waals surface area contributed by atoms with E-state index in [0.29, 0.717) is 0 Å². The quantitative estimate of drug-likeness (QED) is 0.143. The van der Waals surface area contributed by atoms with Gasteiger partial charge in [0.05, 0.1) is 26.4 Å². The summed E-state index contributed by atoms with van der Waals surface area (Å²) in [5.74, 6) is -0.580. The Morgan fingerprint density at radius 3 is 2.12 bits per heavy atom. The molecule has 148 valence electrons. The lowest BCUT2D eigenvalue weighted by Crippen LogP contribution is -2.23. The minimum atomic E-state index is -3.71. The van der Waals surface area contributed by atoms with Gasteiger partial charge >= 0.3 is 13.8 Å². The average Bonchev–Trinajstić information content (AvgIpc) is 2.57. The number of phosphoric ester groups is 1. The standard InChI is InChI=1S/C16H31O8P/c1-5-7-9-22-25(19,23-10-8-6-2)24-12-15(17)11-20-13-21-16(18)14(3)4/h15,17H,3,5-13H2,1-2,4H3. The summed E-state index contributed by atoms with van der Waals surface area (Å²) in [5.41, 5.74) is 0.252. The van der Waals surface area contributed by atoms with Crippen molar-refractivity contribution in [3.05, 3.63) is 12.2 Å². The summed E-state index contributed by atoms with van der Waals surface area (Å²) in [6, 6.07) is 0. The van der Waals surface area contributed by atoms with Gasteiger partial charge in [-0.2, -0.15) is 0 Å². The lowest BCUT2D eigenvalue weighted by Gasteiger charge is -2.19. The molecule has 0 saturated carbocycles. The van der Waals surface area contributed by atoms with Crippen LogP contribution in [0.4, 0.5) is 0 Å². The fourth-order valence-electron chi connectivity index (χ4n) is 1.38. The summed E-state index contributed by atoms with van der Waals surface area (Å²) < 4.78 is 37.8. The number of phosphoric acid groups is 1. The normalized spacial score (nSPS) is 12.8. The van der Waals surface area contributed by atoms with Crippen LogP contribution in [0, 0.1) is 0 Å². The molecule has 0 fully saturated rings. The Morgan fingerprint density at radius 2 is 1.64 bits per heavy atom. The molecular weight excluding hydrogens is 351 g/mol. The maximum Gasteiger partial charge on any atom is 0.474 e. The first-order valence-electron chi connectivity index (χ1n) is 8.46. The molecule has 1 atom stereocenters. The van der Waals surface area contributed by atoms with Gasteiger partial charge in [-0.3, -0.25) is 13.6 Å². The zero-order valence-electron chi connectivity index (χ0n) is 15.4. The molecule has 9 heteroatoms. The first-order valence-corrected chi connectivity index (χ1v) is 9.92. The van der Waals surface area contributed by atoms with Gasteiger partial charge in [0.15, 0.2) is 6.79 Å². The van der Waals surface area contributed by atoms with Crippen molar-refractivity contribution in [2.75, 3.05) is 33.2 Å². The summed E-state index contributed by atoms with van der Waals surface area (Å²) in [5, 5.41) is 9.79. The number of unbranched alkanes of at least 4 members (excludes halogenated alkanes) is 2. The van der Waals surface area contributed by atoms with E-state index in [1.807, 2.05) is 13.8 Å². The SMILES string of the molecule is C=C(C)C(=O)OCOCC(O)COP(=O)(OCCCC)OCCCC. The van der Waals surface area contributed by atoms with Gasteiger partial charge in [-0.25, -0.2) is 9.36 Å². The van der Waals surface area contributed by atoms with Gasteiger partial charge in [0.25, 0.3) is 0 Å². The summed E-state index contributed by atoms with van der Waals surface area (Å²) in [7, 11) is -3.71. The third-order valence-corrected chi connectivity index (χ3v) is 4.31. The van der Waals surface area contributed by atoms with E-state index in [-0.39, 0.29) is 38.8 Å². The summed E-state index contributed by atoms with van der Waals surface area (Å²) in [6.45, 7) is 8.64. The second kappa shape index (κ2) is 14.4. The minimum absolute atomic E-state index is 0.159. The van der Waals surface area contributed by atoms with E-state index in [0.717, 1.165) is 25.7 Å². The molecule has 0 aromatic rings. The molecule has 0 bridgehead atoms. The molecule has 0 spiro atoms. The molecule has 8 nitrogen and oxygen atoms in total. The molecule has 0 rings (SSSR count). The Bertz CT molecular complexity index is 412. The first-order chi connectivity index (χ1) is 11.8. The third-order valence-electron chi connectivity index (χ3n) is 2.85. The van der Waals surface area contributed by atoms with Crippen molar-refractivity contribution in [1.82, 2.24) is 0 Å². The van der Waals surface area contributed by atoms with Gasteiger partial charge in [-0.15, -0.1) is 0 Å². The molecule has 0 heterocycles. The van der Waals surface area contributed by atoms with Crippen molar-refractivity contribution >= 4 is 13.8 Å². The summed E-state index contributed by atoms with van der Waals surface area (Å²) >= 11 is 0. The van der Waals surface area contributed by atoms with Crippen molar-refractivity contribution in [1.29, 1.82) is 0 Å². The molecular formula is C16H31O8P. The number of rotatable bonds is 16. The molecule has 1 N–H and O–H groups in total. The maximum atomic E-state index is 12.5. The van der Waals surface area contributed by atoms with Crippen molar-refractivity contribution in [2.24, 2.45) is 0 Å². The molecule has 0 aromatic carbocycles. The molecule has 0 radical (unpaired) electrons. The van der Waals surface area contributed by atoms with Crippen LogP contribution in [0.15, 0.2) is 12.2 Å². The topological polar surface area (TPSA) is 101 Å². The monoisotopic (exact) mass is 382 g/mol. The highest BCUT2D eigenvalue weighted by molar-refractivity contribution is 7.48. The second-order valence-corrected chi connectivity index (χ2v) is 7.14. The molecule has 25 heavy (non-hydrogen) atoms. The van der Waals surface area contributed by atoms with Crippen molar-refractivity contribution < 1.29 is 37.5 Å². The number of ether oxygens (including phenoxy) is 2. The van der Waals surface area contributed by atoms with Crippen molar-refractivity contribution in [3.8, 4) is 0 Å². The first kappa shape index (κ1) is 24.2. The number of hydrogen-bond acceptors (Lipinski definition) is 8. The largest absolute Gasteiger partial charge is 0.474 e. The number of aliphatic hydroxyl groups excluding tert-OH is 1. The van der Waals surface area contributed by atoms with Crippen LogP contribution in [0.25, 0.3) is 0 Å². The number of aliphatic hydroxyl groups is 1. The number of carbonyl (C=O) groups is 1. The highest BCUT2D eigenvalue weighted by Crippen LogP contribution is 2.49. The molecule has 1 unspecified atom stereocenters. The van der Waals surface area contributed by atoms with Crippen LogP contribution in [0.3, 0.4) is 0 Å². The minimum Gasteiger partial charge on any atom is -0.435 e. The van der Waals surface area contributed by atoms with Crippen LogP contribution >= 0.6 is 7.82 Å². The van der Waals surface area contributed by atoms with Gasteiger partial charge in [0, 0.05) is 5.57 Å². The van der Waals surface area contributed by atoms with Crippen LogP contribution < -0.4 is 0 Å². The third kappa shape index (κ3) is 13.1. The molecule has 0 aliphatic rings. The average molecular weight is 382 g/mol. The van der Waals surface area contributed by atoms with Gasteiger partial charge < -0.3 is 14.6 Å². The molecule has 0 saturated heterocycles. The van der Waals surface area contributed by atoms with Crippen LogP contribution in [-0.4, -0.2) is 50.4 Å². The van der Waals surface area contributed by atoms with Crippen molar-refractivity contribution in [3.63, 3.8) is 0 Å². The van der Waals surface area contributed by atoms with Crippen LogP contribution in [0.2, 0.25) is 0 Å². The Hall–Kier alpha value is -0.760. The van der Waals surface area contributed by atoms with Gasteiger partial charge in [-0.05, 0) is 19.8 Å². The highest BCUT2D eigenvalue weighted by atomic mass is 31.2. The van der Waals surface area contributed by atoms with Crippen molar-refractivity contribution in [2.45, 2.75) is 52.6 Å². The second-order valence-electron chi connectivity index (χ2n) is 5.47. The van der Waals surface area contributed by atoms with Gasteiger partial charge in [-0.1, -0.05) is 33.3 Å². The number of esters is 1. The van der Waals surface area contributed by atoms with Gasteiger partial charge in [0.1, 0.15) is 6.10 Å². The zero-order valence-corrected chi connectivity index (χ0v) is 16.3. The van der Waals surface area contributed by atoms with Crippen LogP contribution in [0.5, 0.6) is 0 Å². The smallest absolute Gasteiger partial charge is 0.435 e. The van der Waals surface area contributed by atoms with E-state index in [9.17, 15) is 14.5 Å². The summed E-state index contributed by atoms with van der Waals surface area (Å²) in [4.78, 5) is 11.1. The van der Waals surface area contributed by atoms with E-state index in [4.69, 9.17) is 23.0 Å². The van der Waals surface area contributed by atoms with E-state index in [1.54, 1.807) is 0 Å². The maximum absolute atomic E-state index is 12.5. The van der Waals surface area contributed by atoms with Crippen LogP contribution in [0.1, 0.15) is 46.5 Å².